The Morgan fingerprint density at radius 1 is 1.12 bits per heavy atom. The van der Waals surface area contributed by atoms with Gasteiger partial charge < -0.3 is 20.5 Å². The maximum absolute atomic E-state index is 5.97. The fraction of sp³-hybridized carbons (Fsp3) is 0.333. The van der Waals surface area contributed by atoms with Crippen LogP contribution in [0.5, 0.6) is 0 Å². The SMILES string of the molecule is Cc1cc2[nH]c(-c3ccc(N4CCN(C)CC4)nc3)nc2cc1N. The molecule has 0 saturated carbocycles. The lowest BCUT2D eigenvalue weighted by molar-refractivity contribution is 0.312. The molecule has 1 aromatic carbocycles. The number of aryl methyl sites for hydroxylation is 1. The van der Waals surface area contributed by atoms with Gasteiger partial charge in [0.05, 0.1) is 11.0 Å². The molecule has 0 radical (unpaired) electrons. The van der Waals surface area contributed by atoms with Crippen LogP contribution in [0.4, 0.5) is 11.5 Å². The summed E-state index contributed by atoms with van der Waals surface area (Å²) in [5.41, 5.74) is 10.7. The molecular formula is C18H22N6. The third-order valence-corrected chi connectivity index (χ3v) is 4.72. The number of hydrogen-bond donors (Lipinski definition) is 2. The van der Waals surface area contributed by atoms with Crippen molar-refractivity contribution in [2.75, 3.05) is 43.9 Å². The number of H-pyrrole nitrogens is 1. The third kappa shape index (κ3) is 2.69. The fourth-order valence-electron chi connectivity index (χ4n) is 3.07. The topological polar surface area (TPSA) is 74.1 Å². The quantitative estimate of drug-likeness (QED) is 0.708. The van der Waals surface area contributed by atoms with Crippen molar-refractivity contribution in [3.63, 3.8) is 0 Å². The summed E-state index contributed by atoms with van der Waals surface area (Å²) in [4.78, 5) is 17.3. The Morgan fingerprint density at radius 2 is 1.92 bits per heavy atom. The van der Waals surface area contributed by atoms with Crippen LogP contribution in [-0.2, 0) is 0 Å². The van der Waals surface area contributed by atoms with Crippen molar-refractivity contribution in [1.29, 1.82) is 0 Å². The highest BCUT2D eigenvalue weighted by molar-refractivity contribution is 5.83. The van der Waals surface area contributed by atoms with Crippen LogP contribution in [0.3, 0.4) is 0 Å². The van der Waals surface area contributed by atoms with Gasteiger partial charge in [-0.25, -0.2) is 9.97 Å². The summed E-state index contributed by atoms with van der Waals surface area (Å²) < 4.78 is 0. The number of rotatable bonds is 2. The van der Waals surface area contributed by atoms with Gasteiger partial charge in [-0.15, -0.1) is 0 Å². The lowest BCUT2D eigenvalue weighted by Crippen LogP contribution is -2.44. The Hall–Kier alpha value is -2.60. The van der Waals surface area contributed by atoms with Gasteiger partial charge in [0.1, 0.15) is 11.6 Å². The first-order valence-electron chi connectivity index (χ1n) is 8.26. The molecule has 4 rings (SSSR count). The van der Waals surface area contributed by atoms with Crippen molar-refractivity contribution in [2.24, 2.45) is 0 Å². The molecule has 3 aromatic rings. The molecule has 0 aliphatic carbocycles. The number of hydrogen-bond acceptors (Lipinski definition) is 5. The van der Waals surface area contributed by atoms with E-state index in [1.807, 2.05) is 25.3 Å². The van der Waals surface area contributed by atoms with Crippen LogP contribution in [0.1, 0.15) is 5.56 Å². The summed E-state index contributed by atoms with van der Waals surface area (Å²) in [6, 6.07) is 8.10. The normalized spacial score (nSPS) is 16.0. The maximum atomic E-state index is 5.97. The molecule has 3 N–H and O–H groups in total. The molecule has 0 bridgehead atoms. The van der Waals surface area contributed by atoms with E-state index in [1.54, 1.807) is 0 Å². The number of anilines is 2. The molecule has 0 amide bonds. The van der Waals surface area contributed by atoms with Gasteiger partial charge in [0.15, 0.2) is 0 Å². The molecule has 1 saturated heterocycles. The van der Waals surface area contributed by atoms with Crippen molar-refractivity contribution < 1.29 is 0 Å². The molecular weight excluding hydrogens is 300 g/mol. The summed E-state index contributed by atoms with van der Waals surface area (Å²) in [5, 5.41) is 0. The number of aromatic nitrogens is 3. The summed E-state index contributed by atoms with van der Waals surface area (Å²) in [7, 11) is 2.16. The van der Waals surface area contributed by atoms with E-state index in [0.717, 1.165) is 65.7 Å². The summed E-state index contributed by atoms with van der Waals surface area (Å²) in [6.45, 7) is 6.20. The van der Waals surface area contributed by atoms with Gasteiger partial charge in [0.2, 0.25) is 0 Å². The van der Waals surface area contributed by atoms with E-state index in [1.165, 1.54) is 0 Å². The van der Waals surface area contributed by atoms with Gasteiger partial charge in [-0.2, -0.15) is 0 Å². The van der Waals surface area contributed by atoms with E-state index < -0.39 is 0 Å². The molecule has 1 aliphatic rings. The zero-order chi connectivity index (χ0) is 16.7. The number of likely N-dealkylation sites (N-methyl/N-ethyl adjacent to an activating group) is 1. The first-order chi connectivity index (χ1) is 11.6. The second-order valence-electron chi connectivity index (χ2n) is 6.51. The van der Waals surface area contributed by atoms with Crippen molar-refractivity contribution in [3.05, 3.63) is 36.0 Å². The van der Waals surface area contributed by atoms with Gasteiger partial charge >= 0.3 is 0 Å². The highest BCUT2D eigenvalue weighted by atomic mass is 15.3. The number of nitrogens with two attached hydrogens (primary N) is 1. The van der Waals surface area contributed by atoms with Gasteiger partial charge in [-0.1, -0.05) is 0 Å². The largest absolute Gasteiger partial charge is 0.398 e. The molecule has 3 heterocycles. The first-order valence-corrected chi connectivity index (χ1v) is 8.26. The molecule has 6 nitrogen and oxygen atoms in total. The highest BCUT2D eigenvalue weighted by Gasteiger charge is 2.15. The van der Waals surface area contributed by atoms with Crippen LogP contribution in [0.2, 0.25) is 0 Å². The molecule has 0 spiro atoms. The lowest BCUT2D eigenvalue weighted by atomic mass is 10.2. The Kier molecular flexibility index (Phi) is 3.61. The standard InChI is InChI=1S/C18H22N6/c1-12-9-15-16(10-14(12)19)22-18(21-15)13-3-4-17(20-11-13)24-7-5-23(2)6-8-24/h3-4,9-11H,5-8,19H2,1-2H3,(H,21,22). The number of imidazole rings is 1. The van der Waals surface area contributed by atoms with E-state index in [2.05, 4.69) is 43.9 Å². The summed E-state index contributed by atoms with van der Waals surface area (Å²) >= 11 is 0. The van der Waals surface area contributed by atoms with Gasteiger partial charge in [0, 0.05) is 43.6 Å². The van der Waals surface area contributed by atoms with E-state index >= 15 is 0 Å². The van der Waals surface area contributed by atoms with Crippen LogP contribution >= 0.6 is 0 Å². The summed E-state index contributed by atoms with van der Waals surface area (Å²) in [6.07, 6.45) is 1.89. The third-order valence-electron chi connectivity index (χ3n) is 4.72. The van der Waals surface area contributed by atoms with E-state index in [9.17, 15) is 0 Å². The van der Waals surface area contributed by atoms with Gasteiger partial charge in [-0.05, 0) is 43.8 Å². The van der Waals surface area contributed by atoms with Crippen molar-refractivity contribution in [3.8, 4) is 11.4 Å². The zero-order valence-electron chi connectivity index (χ0n) is 14.1. The molecule has 0 unspecified atom stereocenters. The van der Waals surface area contributed by atoms with Crippen molar-refractivity contribution in [1.82, 2.24) is 19.9 Å². The average molecular weight is 322 g/mol. The van der Waals surface area contributed by atoms with Crippen LogP contribution in [0, 0.1) is 6.92 Å². The highest BCUT2D eigenvalue weighted by Crippen LogP contribution is 2.25. The first kappa shape index (κ1) is 15.0. The van der Waals surface area contributed by atoms with Crippen LogP contribution < -0.4 is 10.6 Å². The Labute approximate surface area is 141 Å². The Morgan fingerprint density at radius 3 is 2.62 bits per heavy atom. The smallest absolute Gasteiger partial charge is 0.140 e. The van der Waals surface area contributed by atoms with Gasteiger partial charge in [-0.3, -0.25) is 0 Å². The van der Waals surface area contributed by atoms with E-state index in [-0.39, 0.29) is 0 Å². The number of aromatic amines is 1. The van der Waals surface area contributed by atoms with Crippen molar-refractivity contribution in [2.45, 2.75) is 6.92 Å². The average Bonchev–Trinajstić information content (AvgIpc) is 2.99. The summed E-state index contributed by atoms with van der Waals surface area (Å²) in [5.74, 6) is 1.86. The minimum Gasteiger partial charge on any atom is -0.398 e. The zero-order valence-corrected chi connectivity index (χ0v) is 14.1. The van der Waals surface area contributed by atoms with E-state index in [4.69, 9.17) is 5.73 Å². The predicted molar refractivity (Wildman–Crippen MR) is 98.2 cm³/mol. The molecule has 124 valence electrons. The predicted octanol–water partition coefficient (Wildman–Crippen LogP) is 2.27. The second-order valence-corrected chi connectivity index (χ2v) is 6.51. The molecule has 2 aromatic heterocycles. The van der Waals surface area contributed by atoms with Crippen molar-refractivity contribution >= 4 is 22.5 Å². The molecule has 1 fully saturated rings. The van der Waals surface area contributed by atoms with Crippen LogP contribution in [-0.4, -0.2) is 53.1 Å². The number of benzene rings is 1. The van der Waals surface area contributed by atoms with Crippen LogP contribution in [0.15, 0.2) is 30.5 Å². The minimum absolute atomic E-state index is 0.768. The number of nitrogens with one attached hydrogen (secondary N) is 1. The number of fused-ring (bicyclic) bond motifs is 1. The number of piperazine rings is 1. The number of pyridine rings is 1. The molecule has 0 atom stereocenters. The van der Waals surface area contributed by atoms with E-state index in [0.29, 0.717) is 0 Å². The lowest BCUT2D eigenvalue weighted by Gasteiger charge is -2.33. The minimum atomic E-state index is 0.768. The Bertz CT molecular complexity index is 820. The number of nitrogen functional groups attached to an aromatic ring is 1. The molecule has 24 heavy (non-hydrogen) atoms. The van der Waals surface area contributed by atoms with Crippen LogP contribution in [0.25, 0.3) is 22.4 Å². The second kappa shape index (κ2) is 5.79. The maximum Gasteiger partial charge on any atom is 0.140 e. The van der Waals surface area contributed by atoms with Gasteiger partial charge in [0.25, 0.3) is 0 Å². The molecule has 6 heteroatoms. The number of nitrogens with zero attached hydrogens (tertiary/aromatic N) is 4. The fourth-order valence-corrected chi connectivity index (χ4v) is 3.07. The Balaban J connectivity index is 1.60. The molecule has 1 aliphatic heterocycles. The monoisotopic (exact) mass is 322 g/mol.